The number of benzene rings is 1. The molecule has 2 aromatic heterocycles. The number of thiophene rings is 2. The van der Waals surface area contributed by atoms with E-state index in [9.17, 15) is 27.9 Å². The quantitative estimate of drug-likeness (QED) is 0.371. The summed E-state index contributed by atoms with van der Waals surface area (Å²) in [4.78, 5) is 23.5. The molecule has 0 aliphatic heterocycles. The molecule has 0 saturated heterocycles. The smallest absolute Gasteiger partial charge is 0.416 e. The molecule has 1 amide bonds. The Balaban J connectivity index is 1.77. The molecule has 0 fully saturated rings. The summed E-state index contributed by atoms with van der Waals surface area (Å²) in [5.41, 5.74) is 2.49. The fourth-order valence-electron chi connectivity index (χ4n) is 2.45. The van der Waals surface area contributed by atoms with E-state index < -0.39 is 23.6 Å². The molecule has 156 valence electrons. The Morgan fingerprint density at radius 1 is 1.07 bits per heavy atom. The third kappa shape index (κ3) is 4.52. The molecule has 11 heteroatoms. The fraction of sp³-hybridized carbons (Fsp3) is 0.105. The van der Waals surface area contributed by atoms with Gasteiger partial charge in [0.2, 0.25) is 0 Å². The van der Waals surface area contributed by atoms with Crippen molar-refractivity contribution in [2.45, 2.75) is 13.1 Å². The average Bonchev–Trinajstić information content (AvgIpc) is 3.32. The molecule has 0 spiro atoms. The van der Waals surface area contributed by atoms with Crippen LogP contribution in [0.4, 0.5) is 13.2 Å². The molecule has 1 aromatic carbocycles. The fourth-order valence-corrected chi connectivity index (χ4v) is 4.19. The van der Waals surface area contributed by atoms with E-state index in [2.05, 4.69) is 10.5 Å². The summed E-state index contributed by atoms with van der Waals surface area (Å²) in [5, 5.41) is 24.8. The summed E-state index contributed by atoms with van der Waals surface area (Å²) in [6, 6.07) is 7.06. The number of carbonyl (C=O) groups excluding carboxylic acids is 1. The van der Waals surface area contributed by atoms with Crippen molar-refractivity contribution in [1.82, 2.24) is 5.43 Å². The number of nitrogens with one attached hydrogen (secondary N) is 1. The average molecular weight is 454 g/mol. The number of aromatic hydroxyl groups is 1. The molecule has 3 N–H and O–H groups in total. The van der Waals surface area contributed by atoms with E-state index in [1.165, 1.54) is 31.2 Å². The SMILES string of the molecule is C/C(=N/NC(=O)c1ccc(C(=O)O)s1)c1csc(-c2ccc(C(F)(F)F)cc2)c1O. The van der Waals surface area contributed by atoms with E-state index in [1.807, 2.05) is 0 Å². The van der Waals surface area contributed by atoms with Crippen LogP contribution < -0.4 is 5.43 Å². The highest BCUT2D eigenvalue weighted by molar-refractivity contribution is 7.15. The molecule has 0 atom stereocenters. The van der Waals surface area contributed by atoms with Gasteiger partial charge in [0.15, 0.2) is 0 Å². The molecule has 0 aliphatic rings. The number of alkyl halides is 3. The summed E-state index contributed by atoms with van der Waals surface area (Å²) < 4.78 is 38.1. The van der Waals surface area contributed by atoms with Gasteiger partial charge in [-0.05, 0) is 36.8 Å². The van der Waals surface area contributed by atoms with Crippen molar-refractivity contribution in [2.24, 2.45) is 5.10 Å². The minimum atomic E-state index is -4.45. The van der Waals surface area contributed by atoms with Gasteiger partial charge in [-0.2, -0.15) is 18.3 Å². The zero-order valence-electron chi connectivity index (χ0n) is 15.1. The number of nitrogens with zero attached hydrogens (tertiary/aromatic N) is 1. The topological polar surface area (TPSA) is 99.0 Å². The number of aromatic carboxylic acids is 1. The second kappa shape index (κ2) is 8.28. The molecule has 0 saturated carbocycles. The molecule has 30 heavy (non-hydrogen) atoms. The van der Waals surface area contributed by atoms with Crippen molar-refractivity contribution in [3.8, 4) is 16.2 Å². The molecule has 0 aliphatic carbocycles. The molecule has 3 aromatic rings. The van der Waals surface area contributed by atoms with Crippen molar-refractivity contribution in [1.29, 1.82) is 0 Å². The summed E-state index contributed by atoms with van der Waals surface area (Å²) in [6.07, 6.45) is -4.45. The number of carbonyl (C=O) groups is 2. The predicted octanol–water partition coefficient (Wildman–Crippen LogP) is 5.05. The van der Waals surface area contributed by atoms with Crippen LogP contribution in [0.25, 0.3) is 10.4 Å². The van der Waals surface area contributed by atoms with Crippen LogP contribution in [0.2, 0.25) is 0 Å². The molecule has 0 unspecified atom stereocenters. The van der Waals surface area contributed by atoms with Gasteiger partial charge in [0.25, 0.3) is 5.91 Å². The lowest BCUT2D eigenvalue weighted by atomic mass is 10.1. The van der Waals surface area contributed by atoms with Crippen LogP contribution in [0.3, 0.4) is 0 Å². The minimum Gasteiger partial charge on any atom is -0.506 e. The number of hydrogen-bond donors (Lipinski definition) is 3. The summed E-state index contributed by atoms with van der Waals surface area (Å²) in [6.45, 7) is 1.54. The second-order valence-corrected chi connectivity index (χ2v) is 7.97. The van der Waals surface area contributed by atoms with Gasteiger partial charge in [0, 0.05) is 5.38 Å². The third-order valence-electron chi connectivity index (χ3n) is 3.99. The van der Waals surface area contributed by atoms with Gasteiger partial charge in [0.1, 0.15) is 10.6 Å². The van der Waals surface area contributed by atoms with Crippen molar-refractivity contribution in [3.63, 3.8) is 0 Å². The third-order valence-corrected chi connectivity index (χ3v) is 6.09. The molecular weight excluding hydrogens is 441 g/mol. The standard InChI is InChI=1S/C19H13F3N2O4S2/c1-9(23-24-17(26)13-6-7-14(30-13)18(27)28)12-8-29-16(15(12)25)10-2-4-11(5-3-10)19(20,21)22/h2-8,25H,1H3,(H,24,26)(H,27,28)/b23-9-. The molecular formula is C19H13F3N2O4S2. The number of halogens is 3. The predicted molar refractivity (Wildman–Crippen MR) is 107 cm³/mol. The first-order valence-corrected chi connectivity index (χ1v) is 9.93. The maximum atomic E-state index is 12.7. The lowest BCUT2D eigenvalue weighted by Crippen LogP contribution is -2.18. The summed E-state index contributed by atoms with van der Waals surface area (Å²) in [5.74, 6) is -1.91. The monoisotopic (exact) mass is 454 g/mol. The van der Waals surface area contributed by atoms with Crippen LogP contribution in [0.1, 0.15) is 37.4 Å². The Kier molecular flexibility index (Phi) is 5.94. The van der Waals surface area contributed by atoms with E-state index in [0.29, 0.717) is 16.0 Å². The number of amides is 1. The first kappa shape index (κ1) is 21.5. The Morgan fingerprint density at radius 3 is 2.27 bits per heavy atom. The molecule has 0 bridgehead atoms. The largest absolute Gasteiger partial charge is 0.506 e. The lowest BCUT2D eigenvalue weighted by Gasteiger charge is -2.07. The van der Waals surface area contributed by atoms with Crippen molar-refractivity contribution in [3.05, 3.63) is 62.7 Å². The van der Waals surface area contributed by atoms with Crippen molar-refractivity contribution in [2.75, 3.05) is 0 Å². The van der Waals surface area contributed by atoms with Crippen LogP contribution in [-0.2, 0) is 6.18 Å². The highest BCUT2D eigenvalue weighted by atomic mass is 32.1. The number of carboxylic acids is 1. The van der Waals surface area contributed by atoms with E-state index in [-0.39, 0.29) is 21.2 Å². The second-order valence-electron chi connectivity index (χ2n) is 6.01. The molecule has 3 rings (SSSR count). The first-order chi connectivity index (χ1) is 14.1. The minimum absolute atomic E-state index is 0.0116. The van der Waals surface area contributed by atoms with Gasteiger partial charge in [-0.15, -0.1) is 22.7 Å². The van der Waals surface area contributed by atoms with E-state index in [0.717, 1.165) is 34.8 Å². The van der Waals surface area contributed by atoms with Crippen LogP contribution in [0.5, 0.6) is 5.75 Å². The van der Waals surface area contributed by atoms with Gasteiger partial charge in [-0.1, -0.05) is 12.1 Å². The molecule has 0 radical (unpaired) electrons. The van der Waals surface area contributed by atoms with Crippen molar-refractivity contribution >= 4 is 40.3 Å². The Bertz CT molecular complexity index is 1130. The maximum Gasteiger partial charge on any atom is 0.416 e. The van der Waals surface area contributed by atoms with E-state index in [1.54, 1.807) is 5.38 Å². The van der Waals surface area contributed by atoms with Crippen molar-refractivity contribution < 1.29 is 33.0 Å². The summed E-state index contributed by atoms with van der Waals surface area (Å²) >= 11 is 1.92. The normalized spacial score (nSPS) is 12.1. The Morgan fingerprint density at radius 2 is 1.70 bits per heavy atom. The van der Waals surface area contributed by atoms with Crippen LogP contribution in [0, 0.1) is 0 Å². The van der Waals surface area contributed by atoms with Gasteiger partial charge >= 0.3 is 12.1 Å². The summed E-state index contributed by atoms with van der Waals surface area (Å²) in [7, 11) is 0. The van der Waals surface area contributed by atoms with Gasteiger partial charge in [-0.3, -0.25) is 4.79 Å². The van der Waals surface area contributed by atoms with E-state index >= 15 is 0 Å². The Hall–Kier alpha value is -3.18. The number of rotatable bonds is 5. The van der Waals surface area contributed by atoms with Crippen LogP contribution in [0.15, 0.2) is 46.9 Å². The van der Waals surface area contributed by atoms with Gasteiger partial charge in [0.05, 0.1) is 26.6 Å². The number of hydrogen-bond acceptors (Lipinski definition) is 6. The van der Waals surface area contributed by atoms with Crippen LogP contribution in [-0.4, -0.2) is 27.8 Å². The van der Waals surface area contributed by atoms with Gasteiger partial charge < -0.3 is 10.2 Å². The molecule has 2 heterocycles. The zero-order valence-corrected chi connectivity index (χ0v) is 16.8. The first-order valence-electron chi connectivity index (χ1n) is 8.24. The molecule has 6 nitrogen and oxygen atoms in total. The van der Waals surface area contributed by atoms with Gasteiger partial charge in [-0.25, -0.2) is 10.2 Å². The highest BCUT2D eigenvalue weighted by Crippen LogP contribution is 2.40. The lowest BCUT2D eigenvalue weighted by molar-refractivity contribution is -0.137. The maximum absolute atomic E-state index is 12.7. The Labute approximate surface area is 175 Å². The van der Waals surface area contributed by atoms with E-state index in [4.69, 9.17) is 5.11 Å². The highest BCUT2D eigenvalue weighted by Gasteiger charge is 2.30. The number of hydrazone groups is 1. The number of carboxylic acid groups (broad SMARTS) is 1. The zero-order chi connectivity index (χ0) is 22.1. The van der Waals surface area contributed by atoms with Crippen LogP contribution >= 0.6 is 22.7 Å².